The highest BCUT2D eigenvalue weighted by Gasteiger charge is 2.53. The van der Waals surface area contributed by atoms with Crippen molar-refractivity contribution < 1.29 is 63.9 Å². The van der Waals surface area contributed by atoms with E-state index in [2.05, 4.69) is 27.7 Å². The largest absolute Gasteiger partial charge is 0.455 e. The number of esters is 2. The van der Waals surface area contributed by atoms with E-state index >= 15 is 0 Å². The van der Waals surface area contributed by atoms with Gasteiger partial charge >= 0.3 is 11.9 Å². The predicted molar refractivity (Wildman–Crippen MR) is 235 cm³/mol. The molecule has 0 aromatic carbocycles. The molecular formula is C48H90O13. The highest BCUT2D eigenvalue weighted by molar-refractivity contribution is 5.70. The lowest BCUT2D eigenvalue weighted by atomic mass is 9.97. The molecule has 0 aromatic rings. The van der Waals surface area contributed by atoms with Crippen molar-refractivity contribution in [2.45, 2.75) is 269 Å². The molecule has 2 aliphatic rings. The lowest BCUT2D eigenvalue weighted by molar-refractivity contribution is -0.376. The second-order valence-electron chi connectivity index (χ2n) is 18.8. The third-order valence-corrected chi connectivity index (χ3v) is 12.3. The molecule has 360 valence electrons. The Hall–Kier alpha value is -1.42. The topological polar surface area (TPSA) is 202 Å². The molecule has 0 spiro atoms. The zero-order valence-electron chi connectivity index (χ0n) is 38.7. The number of rotatable bonds is 36. The van der Waals surface area contributed by atoms with Crippen LogP contribution in [-0.2, 0) is 33.3 Å². The molecule has 2 heterocycles. The van der Waals surface area contributed by atoms with Gasteiger partial charge < -0.3 is 54.3 Å². The lowest BCUT2D eigenvalue weighted by Crippen LogP contribution is -2.65. The van der Waals surface area contributed by atoms with E-state index in [1.54, 1.807) is 0 Å². The quantitative estimate of drug-likeness (QED) is 0.0262. The molecule has 0 unspecified atom stereocenters. The molecule has 13 nitrogen and oxygen atoms in total. The van der Waals surface area contributed by atoms with Crippen molar-refractivity contribution in [1.82, 2.24) is 0 Å². The average Bonchev–Trinajstić information content (AvgIpc) is 3.23. The van der Waals surface area contributed by atoms with Crippen LogP contribution in [0, 0.1) is 11.8 Å². The normalized spacial score (nSPS) is 26.9. The molecule has 10 atom stereocenters. The first-order valence-electron chi connectivity index (χ1n) is 24.7. The van der Waals surface area contributed by atoms with Crippen molar-refractivity contribution in [3.05, 3.63) is 0 Å². The van der Waals surface area contributed by atoms with Gasteiger partial charge in [0.15, 0.2) is 24.8 Å². The van der Waals surface area contributed by atoms with Crippen LogP contribution in [0.5, 0.6) is 0 Å². The Kier molecular flexibility index (Phi) is 31.1. The fraction of sp³-hybridized carbons (Fsp3) is 0.958. The van der Waals surface area contributed by atoms with Crippen molar-refractivity contribution in [1.29, 1.82) is 0 Å². The second-order valence-corrected chi connectivity index (χ2v) is 18.8. The maximum Gasteiger partial charge on any atom is 0.306 e. The van der Waals surface area contributed by atoms with Crippen LogP contribution in [-0.4, -0.2) is 117 Å². The molecule has 0 bridgehead atoms. The third-order valence-electron chi connectivity index (χ3n) is 12.3. The van der Waals surface area contributed by atoms with Crippen molar-refractivity contribution in [2.24, 2.45) is 11.8 Å². The molecule has 6 N–H and O–H groups in total. The van der Waals surface area contributed by atoms with Crippen LogP contribution < -0.4 is 0 Å². The van der Waals surface area contributed by atoms with E-state index in [9.17, 15) is 40.2 Å². The van der Waals surface area contributed by atoms with E-state index in [0.29, 0.717) is 12.8 Å². The van der Waals surface area contributed by atoms with E-state index < -0.39 is 86.6 Å². The summed E-state index contributed by atoms with van der Waals surface area (Å²) in [4.78, 5) is 26.3. The minimum Gasteiger partial charge on any atom is -0.455 e. The molecule has 13 heteroatoms. The zero-order chi connectivity index (χ0) is 44.8. The minimum atomic E-state index is -1.79. The van der Waals surface area contributed by atoms with E-state index in [4.69, 9.17) is 23.7 Å². The minimum absolute atomic E-state index is 0.0714. The number of hydrogen-bond acceptors (Lipinski definition) is 13. The number of carbonyl (C=O) groups is 2. The zero-order valence-corrected chi connectivity index (χ0v) is 38.7. The first-order valence-corrected chi connectivity index (χ1v) is 24.7. The van der Waals surface area contributed by atoms with Crippen LogP contribution in [0.2, 0.25) is 0 Å². The summed E-state index contributed by atoms with van der Waals surface area (Å²) in [5, 5.41) is 62.4. The Balaban J connectivity index is 1.83. The molecular weight excluding hydrogens is 785 g/mol. The van der Waals surface area contributed by atoms with Gasteiger partial charge in [-0.1, -0.05) is 182 Å². The Labute approximate surface area is 369 Å². The molecule has 0 aromatic heterocycles. The Bertz CT molecular complexity index is 1090. The van der Waals surface area contributed by atoms with Crippen molar-refractivity contribution >= 4 is 11.9 Å². The van der Waals surface area contributed by atoms with Crippen LogP contribution in [0.25, 0.3) is 0 Å². The van der Waals surface area contributed by atoms with Gasteiger partial charge in [-0.25, -0.2) is 0 Å². The summed E-state index contributed by atoms with van der Waals surface area (Å²) >= 11 is 0. The number of carbonyl (C=O) groups excluding carboxylic acids is 2. The highest BCUT2D eigenvalue weighted by atomic mass is 16.8. The van der Waals surface area contributed by atoms with Gasteiger partial charge in [0.05, 0.1) is 13.2 Å². The van der Waals surface area contributed by atoms with Gasteiger partial charge in [-0.3, -0.25) is 9.59 Å². The average molecular weight is 875 g/mol. The number of ether oxygens (including phenoxy) is 5. The summed E-state index contributed by atoms with van der Waals surface area (Å²) in [6.45, 7) is 7.73. The Morgan fingerprint density at radius 3 is 1.13 bits per heavy atom. The molecule has 0 saturated carbocycles. The Morgan fingerprint density at radius 2 is 0.754 bits per heavy atom. The number of unbranched alkanes of at least 4 members (excludes halogenated alkanes) is 22. The molecule has 0 radical (unpaired) electrons. The van der Waals surface area contributed by atoms with Crippen LogP contribution in [0.3, 0.4) is 0 Å². The summed E-state index contributed by atoms with van der Waals surface area (Å²) in [7, 11) is 0. The summed E-state index contributed by atoms with van der Waals surface area (Å²) in [6.07, 6.45) is 14.6. The maximum absolute atomic E-state index is 13.2. The molecule has 0 aliphatic carbocycles. The molecule has 2 aliphatic heterocycles. The molecule has 0 amide bonds. The second kappa shape index (κ2) is 34.0. The standard InChI is InChI=1S/C48H90O13/c1-35(2)29-25-21-17-13-9-5-7-11-15-19-23-27-31-39(51)59-45-38(34-50)58-48(61-47-43(55)42(54)41(53)37(33-49)57-47)44(56)46(45)60-40(52)32-28-24-20-16-12-8-6-10-14-18-22-26-30-36(3)4/h35-38,41-50,53-56H,5-34H2,1-4H3/t37-,38-,41-,42+,43-,44-,45-,46-,47-,48-/m1/s1. The SMILES string of the molecule is CC(C)CCCCCCCCCCCCCCC(=O)O[C@@H]1[C@@H](O)[C@@H](O[C@H]2O[C@H](CO)[C@@H](O)[C@H](O)[C@H]2O)O[C@H](CO)[C@H]1OC(=O)CCCCCCCCCCCCCCC(C)C. The van der Waals surface area contributed by atoms with E-state index in [1.807, 2.05) is 0 Å². The maximum atomic E-state index is 13.2. The van der Waals surface area contributed by atoms with Gasteiger partial charge in [0.2, 0.25) is 0 Å². The lowest BCUT2D eigenvalue weighted by Gasteiger charge is -2.46. The first-order chi connectivity index (χ1) is 29.4. The van der Waals surface area contributed by atoms with Gasteiger partial charge in [-0.15, -0.1) is 0 Å². The van der Waals surface area contributed by atoms with Gasteiger partial charge in [-0.05, 0) is 24.7 Å². The van der Waals surface area contributed by atoms with Gasteiger partial charge in [0, 0.05) is 12.8 Å². The number of aliphatic hydroxyl groups excluding tert-OH is 6. The van der Waals surface area contributed by atoms with E-state index in [1.165, 1.54) is 109 Å². The molecule has 2 saturated heterocycles. The fourth-order valence-corrected chi connectivity index (χ4v) is 8.34. The van der Waals surface area contributed by atoms with Crippen LogP contribution >= 0.6 is 0 Å². The third kappa shape index (κ3) is 23.9. The predicted octanol–water partition coefficient (Wildman–Crippen LogP) is 7.94. The number of hydrogen-bond donors (Lipinski definition) is 6. The van der Waals surface area contributed by atoms with E-state index in [0.717, 1.165) is 56.8 Å². The van der Waals surface area contributed by atoms with Crippen LogP contribution in [0.15, 0.2) is 0 Å². The molecule has 2 fully saturated rings. The van der Waals surface area contributed by atoms with Crippen LogP contribution in [0.1, 0.15) is 207 Å². The summed E-state index contributed by atoms with van der Waals surface area (Å²) in [6, 6.07) is 0. The van der Waals surface area contributed by atoms with Gasteiger partial charge in [-0.2, -0.15) is 0 Å². The highest BCUT2D eigenvalue weighted by Crippen LogP contribution is 2.31. The number of aliphatic hydroxyl groups is 6. The van der Waals surface area contributed by atoms with Crippen molar-refractivity contribution in [2.75, 3.05) is 13.2 Å². The van der Waals surface area contributed by atoms with Crippen molar-refractivity contribution in [3.63, 3.8) is 0 Å². The Morgan fingerprint density at radius 1 is 0.426 bits per heavy atom. The monoisotopic (exact) mass is 875 g/mol. The first kappa shape index (κ1) is 55.7. The fourth-order valence-electron chi connectivity index (χ4n) is 8.34. The van der Waals surface area contributed by atoms with E-state index in [-0.39, 0.29) is 12.8 Å². The smallest absolute Gasteiger partial charge is 0.306 e. The molecule has 61 heavy (non-hydrogen) atoms. The van der Waals surface area contributed by atoms with Gasteiger partial charge in [0.25, 0.3) is 0 Å². The molecule has 2 rings (SSSR count). The summed E-state index contributed by atoms with van der Waals surface area (Å²) < 4.78 is 28.4. The van der Waals surface area contributed by atoms with Crippen molar-refractivity contribution in [3.8, 4) is 0 Å². The van der Waals surface area contributed by atoms with Crippen LogP contribution in [0.4, 0.5) is 0 Å². The summed E-state index contributed by atoms with van der Waals surface area (Å²) in [5.41, 5.74) is 0. The summed E-state index contributed by atoms with van der Waals surface area (Å²) in [5.74, 6) is 0.378. The van der Waals surface area contributed by atoms with Gasteiger partial charge in [0.1, 0.15) is 36.6 Å².